The van der Waals surface area contributed by atoms with Crippen molar-refractivity contribution in [2.75, 3.05) is 0 Å². The largest absolute Gasteiger partial charge is 0.347 e. The van der Waals surface area contributed by atoms with Gasteiger partial charge in [-0.3, -0.25) is 4.79 Å². The molecule has 0 bridgehead atoms. The number of hydrogen-bond acceptors (Lipinski definition) is 4. The number of H-pyrrole nitrogens is 1. The second-order valence-electron chi connectivity index (χ2n) is 7.11. The van der Waals surface area contributed by atoms with E-state index < -0.39 is 0 Å². The van der Waals surface area contributed by atoms with Crippen molar-refractivity contribution in [1.29, 1.82) is 0 Å². The molecule has 1 aliphatic carbocycles. The normalized spacial score (nSPS) is 13.4. The molecule has 3 heterocycles. The van der Waals surface area contributed by atoms with Crippen LogP contribution in [0.25, 0.3) is 22.3 Å². The van der Waals surface area contributed by atoms with Crippen LogP contribution in [0.5, 0.6) is 0 Å². The van der Waals surface area contributed by atoms with Crippen molar-refractivity contribution in [2.45, 2.75) is 32.2 Å². The molecule has 5 rings (SSSR count). The fourth-order valence-corrected chi connectivity index (χ4v) is 4.92. The van der Waals surface area contributed by atoms with Crippen LogP contribution in [0, 0.1) is 0 Å². The smallest absolute Gasteiger partial charge is 0.261 e. The third-order valence-corrected chi connectivity index (χ3v) is 6.49. The minimum Gasteiger partial charge on any atom is -0.347 e. The van der Waals surface area contributed by atoms with Gasteiger partial charge in [-0.05, 0) is 48.9 Å². The Kier molecular flexibility index (Phi) is 4.41. The van der Waals surface area contributed by atoms with E-state index in [1.165, 1.54) is 23.3 Å². The van der Waals surface area contributed by atoms with Crippen LogP contribution in [0.4, 0.5) is 0 Å². The molecule has 28 heavy (non-hydrogen) atoms. The molecule has 1 aromatic carbocycles. The van der Waals surface area contributed by atoms with Gasteiger partial charge in [0.05, 0.1) is 10.6 Å². The summed E-state index contributed by atoms with van der Waals surface area (Å²) in [6, 6.07) is 12.2. The Morgan fingerprint density at radius 3 is 2.82 bits per heavy atom. The maximum Gasteiger partial charge on any atom is 0.261 e. The van der Waals surface area contributed by atoms with Crippen LogP contribution >= 0.6 is 11.3 Å². The molecule has 2 N–H and O–H groups in total. The number of thiophene rings is 1. The third kappa shape index (κ3) is 3.20. The van der Waals surface area contributed by atoms with Gasteiger partial charge >= 0.3 is 0 Å². The Morgan fingerprint density at radius 1 is 1.11 bits per heavy atom. The van der Waals surface area contributed by atoms with Gasteiger partial charge in [-0.1, -0.05) is 24.3 Å². The molecule has 1 amide bonds. The van der Waals surface area contributed by atoms with Crippen LogP contribution in [-0.4, -0.2) is 20.9 Å². The van der Waals surface area contributed by atoms with Crippen LogP contribution in [-0.2, 0) is 19.4 Å². The first-order chi connectivity index (χ1) is 13.8. The number of benzene rings is 1. The highest BCUT2D eigenvalue weighted by atomic mass is 32.1. The van der Waals surface area contributed by atoms with Crippen LogP contribution in [0.2, 0.25) is 0 Å². The first kappa shape index (κ1) is 17.1. The van der Waals surface area contributed by atoms with Crippen LogP contribution in [0.1, 0.15) is 38.5 Å². The number of nitrogens with one attached hydrogen (secondary N) is 2. The Labute approximate surface area is 166 Å². The maximum absolute atomic E-state index is 12.5. The van der Waals surface area contributed by atoms with Gasteiger partial charge in [0.2, 0.25) is 0 Å². The molecule has 3 aromatic heterocycles. The highest BCUT2D eigenvalue weighted by molar-refractivity contribution is 7.14. The SMILES string of the molecule is O=C(NCc1ccc(-c2ncnc3[nH]ccc23)cc1)c1cc2c(s1)CCCC2. The summed E-state index contributed by atoms with van der Waals surface area (Å²) >= 11 is 1.65. The van der Waals surface area contributed by atoms with Crippen LogP contribution < -0.4 is 5.32 Å². The van der Waals surface area contributed by atoms with E-state index in [2.05, 4.69) is 26.3 Å². The minimum atomic E-state index is 0.0216. The molecule has 5 nitrogen and oxygen atoms in total. The third-order valence-electron chi connectivity index (χ3n) is 5.25. The highest BCUT2D eigenvalue weighted by Crippen LogP contribution is 2.29. The van der Waals surface area contributed by atoms with E-state index in [4.69, 9.17) is 0 Å². The molecule has 0 spiro atoms. The Hall–Kier alpha value is -2.99. The number of carbonyl (C=O) groups excluding carboxylic acids is 1. The number of fused-ring (bicyclic) bond motifs is 2. The predicted molar refractivity (Wildman–Crippen MR) is 111 cm³/mol. The Balaban J connectivity index is 1.28. The summed E-state index contributed by atoms with van der Waals surface area (Å²) in [5, 5.41) is 4.05. The lowest BCUT2D eigenvalue weighted by Crippen LogP contribution is -2.21. The summed E-state index contributed by atoms with van der Waals surface area (Å²) in [5.74, 6) is 0.0216. The quantitative estimate of drug-likeness (QED) is 0.541. The number of hydrogen-bond donors (Lipinski definition) is 2. The lowest BCUT2D eigenvalue weighted by molar-refractivity contribution is 0.0955. The van der Waals surface area contributed by atoms with Gasteiger partial charge < -0.3 is 10.3 Å². The van der Waals surface area contributed by atoms with Crippen molar-refractivity contribution in [1.82, 2.24) is 20.3 Å². The fourth-order valence-electron chi connectivity index (χ4n) is 3.75. The first-order valence-electron chi connectivity index (χ1n) is 9.55. The summed E-state index contributed by atoms with van der Waals surface area (Å²) in [6.45, 7) is 0.519. The zero-order valence-electron chi connectivity index (χ0n) is 15.4. The zero-order valence-corrected chi connectivity index (χ0v) is 16.2. The van der Waals surface area contributed by atoms with Gasteiger partial charge in [-0.25, -0.2) is 9.97 Å². The molecular formula is C22H20N4OS. The summed E-state index contributed by atoms with van der Waals surface area (Å²) in [6.07, 6.45) is 8.14. The molecule has 140 valence electrons. The molecule has 0 saturated carbocycles. The van der Waals surface area contributed by atoms with Crippen molar-refractivity contribution in [3.63, 3.8) is 0 Å². The topological polar surface area (TPSA) is 70.7 Å². The molecular weight excluding hydrogens is 368 g/mol. The Bertz CT molecular complexity index is 1120. The molecule has 1 aliphatic rings. The molecule has 0 aliphatic heterocycles. The molecule has 6 heteroatoms. The number of aryl methyl sites for hydroxylation is 2. The second kappa shape index (κ2) is 7.20. The molecule has 4 aromatic rings. The van der Waals surface area contributed by atoms with Crippen molar-refractivity contribution in [2.24, 2.45) is 0 Å². The monoisotopic (exact) mass is 388 g/mol. The van der Waals surface area contributed by atoms with E-state index in [1.54, 1.807) is 17.7 Å². The number of rotatable bonds is 4. The van der Waals surface area contributed by atoms with E-state index in [0.29, 0.717) is 6.54 Å². The number of carbonyl (C=O) groups is 1. The van der Waals surface area contributed by atoms with E-state index in [-0.39, 0.29) is 5.91 Å². The fraction of sp³-hybridized carbons (Fsp3) is 0.227. The van der Waals surface area contributed by atoms with Crippen molar-refractivity contribution in [3.05, 3.63) is 69.8 Å². The standard InChI is InChI=1S/C22H20N4OS/c27-22(19-11-16-3-1-2-4-18(16)28-19)24-12-14-5-7-15(8-6-14)20-17-9-10-23-21(17)26-13-25-20/h5-11,13H,1-4,12H2,(H,24,27)(H,23,25,26). The number of amides is 1. The van der Waals surface area contributed by atoms with E-state index >= 15 is 0 Å². The van der Waals surface area contributed by atoms with E-state index in [1.807, 2.05) is 36.5 Å². The molecule has 0 fully saturated rings. The molecule has 0 unspecified atom stereocenters. The number of aromatic nitrogens is 3. The van der Waals surface area contributed by atoms with Gasteiger partial charge in [0.25, 0.3) is 5.91 Å². The van der Waals surface area contributed by atoms with Crippen LogP contribution in [0.15, 0.2) is 48.9 Å². The summed E-state index contributed by atoms with van der Waals surface area (Å²) in [4.78, 5) is 26.5. The average molecular weight is 388 g/mol. The van der Waals surface area contributed by atoms with Crippen molar-refractivity contribution >= 4 is 28.3 Å². The maximum atomic E-state index is 12.5. The average Bonchev–Trinajstić information content (AvgIpc) is 3.39. The van der Waals surface area contributed by atoms with Gasteiger partial charge in [-0.15, -0.1) is 11.3 Å². The summed E-state index contributed by atoms with van der Waals surface area (Å²) < 4.78 is 0. The first-order valence-corrected chi connectivity index (χ1v) is 10.4. The summed E-state index contributed by atoms with van der Waals surface area (Å²) in [5.41, 5.74) is 5.21. The van der Waals surface area contributed by atoms with Crippen LogP contribution in [0.3, 0.4) is 0 Å². The number of aromatic amines is 1. The van der Waals surface area contributed by atoms with Gasteiger partial charge in [0.1, 0.15) is 12.0 Å². The van der Waals surface area contributed by atoms with E-state index in [0.717, 1.165) is 45.6 Å². The van der Waals surface area contributed by atoms with Gasteiger partial charge in [0, 0.05) is 28.6 Å². The number of nitrogens with zero attached hydrogens (tertiary/aromatic N) is 2. The molecule has 0 saturated heterocycles. The molecule has 0 atom stereocenters. The minimum absolute atomic E-state index is 0.0216. The zero-order chi connectivity index (χ0) is 18.9. The predicted octanol–water partition coefficient (Wildman–Crippen LogP) is 4.50. The Morgan fingerprint density at radius 2 is 1.96 bits per heavy atom. The van der Waals surface area contributed by atoms with Gasteiger partial charge in [0.15, 0.2) is 0 Å². The van der Waals surface area contributed by atoms with Crippen molar-refractivity contribution < 1.29 is 4.79 Å². The second-order valence-corrected chi connectivity index (χ2v) is 8.24. The van der Waals surface area contributed by atoms with Gasteiger partial charge in [-0.2, -0.15) is 0 Å². The lowest BCUT2D eigenvalue weighted by atomic mass is 9.99. The highest BCUT2D eigenvalue weighted by Gasteiger charge is 2.17. The van der Waals surface area contributed by atoms with Crippen molar-refractivity contribution in [3.8, 4) is 11.3 Å². The summed E-state index contributed by atoms with van der Waals surface area (Å²) in [7, 11) is 0. The molecule has 0 radical (unpaired) electrons. The lowest BCUT2D eigenvalue weighted by Gasteiger charge is -2.08. The van der Waals surface area contributed by atoms with E-state index in [9.17, 15) is 4.79 Å².